The van der Waals surface area contributed by atoms with Crippen LogP contribution < -0.4 is 5.32 Å². The molecule has 0 aromatic heterocycles. The zero-order valence-electron chi connectivity index (χ0n) is 10.8. The van der Waals surface area contributed by atoms with E-state index in [1.54, 1.807) is 0 Å². The molecule has 1 aromatic rings. The zero-order valence-corrected chi connectivity index (χ0v) is 10.8. The minimum absolute atomic E-state index is 0.131. The molecule has 0 spiro atoms. The summed E-state index contributed by atoms with van der Waals surface area (Å²) in [5.41, 5.74) is 0.249. The third kappa shape index (κ3) is 4.08. The maximum absolute atomic E-state index is 13.0. The van der Waals surface area contributed by atoms with Crippen LogP contribution in [0, 0.1) is 11.6 Å². The molecule has 0 aliphatic carbocycles. The normalized spacial score (nSPS) is 16.5. The molecule has 5 heteroatoms. The number of hydrogen-bond donors (Lipinski definition) is 1. The van der Waals surface area contributed by atoms with Crippen molar-refractivity contribution in [1.29, 1.82) is 0 Å². The fourth-order valence-electron chi connectivity index (χ4n) is 2.21. The largest absolute Gasteiger partial charge is 0.314 e. The minimum Gasteiger partial charge on any atom is -0.314 e. The van der Waals surface area contributed by atoms with Crippen LogP contribution in [0.3, 0.4) is 0 Å². The summed E-state index contributed by atoms with van der Waals surface area (Å²) < 4.78 is 25.8. The van der Waals surface area contributed by atoms with Gasteiger partial charge in [-0.2, -0.15) is 0 Å². The number of piperazine rings is 1. The molecule has 0 atom stereocenters. The summed E-state index contributed by atoms with van der Waals surface area (Å²) >= 11 is 0. The highest BCUT2D eigenvalue weighted by atomic mass is 19.2. The third-order valence-electron chi connectivity index (χ3n) is 3.33. The summed E-state index contributed by atoms with van der Waals surface area (Å²) in [6.07, 6.45) is 1.12. The second kappa shape index (κ2) is 6.73. The van der Waals surface area contributed by atoms with Crippen molar-refractivity contribution in [2.75, 3.05) is 32.7 Å². The van der Waals surface area contributed by atoms with Crippen LogP contribution in [-0.4, -0.2) is 43.4 Å². The first-order chi connectivity index (χ1) is 9.16. The SMILES string of the molecule is O=C(CCCN1CCNCC1)c1ccc(F)c(F)c1. The highest BCUT2D eigenvalue weighted by Crippen LogP contribution is 2.11. The van der Waals surface area contributed by atoms with Gasteiger partial charge in [0.15, 0.2) is 17.4 Å². The molecular weight excluding hydrogens is 250 g/mol. The topological polar surface area (TPSA) is 32.3 Å². The van der Waals surface area contributed by atoms with Crippen LogP contribution in [0.25, 0.3) is 0 Å². The van der Waals surface area contributed by atoms with Crippen LogP contribution in [0.5, 0.6) is 0 Å². The van der Waals surface area contributed by atoms with Gasteiger partial charge in [0.1, 0.15) is 0 Å². The van der Waals surface area contributed by atoms with Gasteiger partial charge >= 0.3 is 0 Å². The lowest BCUT2D eigenvalue weighted by atomic mass is 10.1. The summed E-state index contributed by atoms with van der Waals surface area (Å²) in [5.74, 6) is -2.01. The fraction of sp³-hybridized carbons (Fsp3) is 0.500. The van der Waals surface area contributed by atoms with Crippen molar-refractivity contribution in [2.24, 2.45) is 0 Å². The van der Waals surface area contributed by atoms with E-state index >= 15 is 0 Å². The fourth-order valence-corrected chi connectivity index (χ4v) is 2.21. The number of nitrogens with one attached hydrogen (secondary N) is 1. The minimum atomic E-state index is -0.965. The predicted molar refractivity (Wildman–Crippen MR) is 69.2 cm³/mol. The maximum Gasteiger partial charge on any atom is 0.163 e. The van der Waals surface area contributed by atoms with E-state index in [9.17, 15) is 13.6 Å². The number of halogens is 2. The second-order valence-corrected chi connectivity index (χ2v) is 4.75. The highest BCUT2D eigenvalue weighted by molar-refractivity contribution is 5.96. The number of hydrogen-bond acceptors (Lipinski definition) is 3. The van der Waals surface area contributed by atoms with Crippen LogP contribution >= 0.6 is 0 Å². The van der Waals surface area contributed by atoms with Gasteiger partial charge in [-0.25, -0.2) is 8.78 Å². The Kier molecular flexibility index (Phi) is 4.99. The number of ketones is 1. The standard InChI is InChI=1S/C14H18F2N2O/c15-12-4-3-11(10-13(12)16)14(19)2-1-7-18-8-5-17-6-9-18/h3-4,10,17H,1-2,5-9H2. The van der Waals surface area contributed by atoms with E-state index in [1.807, 2.05) is 0 Å². The molecule has 1 heterocycles. The van der Waals surface area contributed by atoms with Crippen LogP contribution in [0.15, 0.2) is 18.2 Å². The van der Waals surface area contributed by atoms with Gasteiger partial charge in [-0.05, 0) is 31.2 Å². The van der Waals surface area contributed by atoms with E-state index in [-0.39, 0.29) is 11.3 Å². The van der Waals surface area contributed by atoms with Crippen molar-refractivity contribution in [3.05, 3.63) is 35.4 Å². The number of rotatable bonds is 5. The molecule has 1 saturated heterocycles. The van der Waals surface area contributed by atoms with Crippen LogP contribution in [-0.2, 0) is 0 Å². The Morgan fingerprint density at radius 3 is 2.63 bits per heavy atom. The monoisotopic (exact) mass is 268 g/mol. The smallest absolute Gasteiger partial charge is 0.163 e. The average molecular weight is 268 g/mol. The zero-order chi connectivity index (χ0) is 13.7. The number of Topliss-reactive ketones (excluding diaryl/α,β-unsaturated/α-hetero) is 1. The van der Waals surface area contributed by atoms with Crippen LogP contribution in [0.2, 0.25) is 0 Å². The average Bonchev–Trinajstić information content (AvgIpc) is 2.43. The molecule has 2 rings (SSSR count). The van der Waals surface area contributed by atoms with Gasteiger partial charge in [-0.1, -0.05) is 0 Å². The van der Waals surface area contributed by atoms with Gasteiger partial charge in [-0.15, -0.1) is 0 Å². The van der Waals surface area contributed by atoms with E-state index in [0.29, 0.717) is 6.42 Å². The Morgan fingerprint density at radius 1 is 1.21 bits per heavy atom. The van der Waals surface area contributed by atoms with E-state index in [2.05, 4.69) is 10.2 Å². The first kappa shape index (κ1) is 14.1. The summed E-state index contributed by atoms with van der Waals surface area (Å²) in [6.45, 7) is 4.84. The molecule has 1 aliphatic rings. The Morgan fingerprint density at radius 2 is 1.95 bits per heavy atom. The maximum atomic E-state index is 13.0. The highest BCUT2D eigenvalue weighted by Gasteiger charge is 2.12. The van der Waals surface area contributed by atoms with Gasteiger partial charge in [0.2, 0.25) is 0 Å². The van der Waals surface area contributed by atoms with Crippen molar-refractivity contribution >= 4 is 5.78 Å². The summed E-state index contributed by atoms with van der Waals surface area (Å²) in [5, 5.41) is 3.27. The van der Waals surface area contributed by atoms with Crippen LogP contribution in [0.1, 0.15) is 23.2 Å². The molecule has 0 bridgehead atoms. The molecule has 0 saturated carbocycles. The first-order valence-electron chi connectivity index (χ1n) is 6.58. The number of nitrogens with zero attached hydrogens (tertiary/aromatic N) is 1. The lowest BCUT2D eigenvalue weighted by molar-refractivity contribution is 0.0973. The van der Waals surface area contributed by atoms with Gasteiger partial charge in [-0.3, -0.25) is 4.79 Å². The van der Waals surface area contributed by atoms with Gasteiger partial charge in [0.05, 0.1) is 0 Å². The first-order valence-corrected chi connectivity index (χ1v) is 6.58. The molecule has 0 unspecified atom stereocenters. The molecule has 1 aliphatic heterocycles. The molecule has 1 fully saturated rings. The lowest BCUT2D eigenvalue weighted by Gasteiger charge is -2.26. The molecule has 0 amide bonds. The number of carbonyl (C=O) groups excluding carboxylic acids is 1. The summed E-state index contributed by atoms with van der Waals surface area (Å²) in [7, 11) is 0. The van der Waals surface area contributed by atoms with Gasteiger partial charge in [0, 0.05) is 38.2 Å². The van der Waals surface area contributed by atoms with E-state index in [1.165, 1.54) is 6.07 Å². The second-order valence-electron chi connectivity index (χ2n) is 4.75. The van der Waals surface area contributed by atoms with Crippen molar-refractivity contribution in [2.45, 2.75) is 12.8 Å². The molecule has 0 radical (unpaired) electrons. The molecule has 19 heavy (non-hydrogen) atoms. The van der Waals surface area contributed by atoms with Gasteiger partial charge in [0.25, 0.3) is 0 Å². The van der Waals surface area contributed by atoms with Crippen molar-refractivity contribution < 1.29 is 13.6 Å². The number of carbonyl (C=O) groups is 1. The Bertz CT molecular complexity index is 445. The van der Waals surface area contributed by atoms with E-state index < -0.39 is 11.6 Å². The molecule has 1 N–H and O–H groups in total. The van der Waals surface area contributed by atoms with E-state index in [4.69, 9.17) is 0 Å². The van der Waals surface area contributed by atoms with Gasteiger partial charge < -0.3 is 10.2 Å². The molecule has 104 valence electrons. The van der Waals surface area contributed by atoms with Crippen molar-refractivity contribution in [3.63, 3.8) is 0 Å². The van der Waals surface area contributed by atoms with E-state index in [0.717, 1.165) is 51.3 Å². The number of benzene rings is 1. The molecular formula is C14H18F2N2O. The Balaban J connectivity index is 1.78. The summed E-state index contributed by atoms with van der Waals surface area (Å²) in [4.78, 5) is 14.1. The van der Waals surface area contributed by atoms with Crippen molar-refractivity contribution in [3.8, 4) is 0 Å². The molecule has 3 nitrogen and oxygen atoms in total. The summed E-state index contributed by atoms with van der Waals surface area (Å²) in [6, 6.07) is 3.31. The lowest BCUT2D eigenvalue weighted by Crippen LogP contribution is -2.43. The van der Waals surface area contributed by atoms with Crippen molar-refractivity contribution in [1.82, 2.24) is 10.2 Å². The Hall–Kier alpha value is -1.33. The quantitative estimate of drug-likeness (QED) is 0.827. The molecule has 1 aromatic carbocycles. The Labute approximate surface area is 111 Å². The third-order valence-corrected chi connectivity index (χ3v) is 3.33. The van der Waals surface area contributed by atoms with Crippen LogP contribution in [0.4, 0.5) is 8.78 Å². The predicted octanol–water partition coefficient (Wildman–Crippen LogP) is 1.83.